The second-order valence-electron chi connectivity index (χ2n) is 9.06. The van der Waals surface area contributed by atoms with Crippen molar-refractivity contribution in [3.05, 3.63) is 72.1 Å². The van der Waals surface area contributed by atoms with Crippen LogP contribution in [0.1, 0.15) is 35.9 Å². The first kappa shape index (κ1) is 24.2. The van der Waals surface area contributed by atoms with Crippen molar-refractivity contribution in [1.82, 2.24) is 24.6 Å². The highest BCUT2D eigenvalue weighted by molar-refractivity contribution is 6.06. The van der Waals surface area contributed by atoms with E-state index in [2.05, 4.69) is 20.4 Å². The number of hydrogen-bond acceptors (Lipinski definition) is 6. The first-order valence-corrected chi connectivity index (χ1v) is 12.0. The normalized spacial score (nSPS) is 15.2. The Labute approximate surface area is 212 Å². The number of nitrogens with zero attached hydrogens (tertiary/aromatic N) is 5. The van der Waals surface area contributed by atoms with Crippen molar-refractivity contribution in [1.29, 1.82) is 0 Å². The summed E-state index contributed by atoms with van der Waals surface area (Å²) >= 11 is 0. The van der Waals surface area contributed by atoms with E-state index in [9.17, 15) is 18.8 Å². The van der Waals surface area contributed by atoms with Gasteiger partial charge in [0.05, 0.1) is 5.52 Å². The molecule has 1 fully saturated rings. The van der Waals surface area contributed by atoms with Crippen molar-refractivity contribution >= 4 is 34.3 Å². The van der Waals surface area contributed by atoms with Gasteiger partial charge < -0.3 is 10.2 Å². The number of carbonyl (C=O) groups excluding carboxylic acids is 3. The van der Waals surface area contributed by atoms with Crippen LogP contribution in [0.3, 0.4) is 0 Å². The van der Waals surface area contributed by atoms with Gasteiger partial charge in [-0.15, -0.1) is 0 Å². The van der Waals surface area contributed by atoms with Gasteiger partial charge in [-0.3, -0.25) is 19.1 Å². The van der Waals surface area contributed by atoms with Crippen LogP contribution in [0.5, 0.6) is 0 Å². The first-order valence-electron chi connectivity index (χ1n) is 12.0. The molecule has 9 nitrogen and oxygen atoms in total. The van der Waals surface area contributed by atoms with Crippen molar-refractivity contribution in [2.75, 3.05) is 11.9 Å². The van der Waals surface area contributed by atoms with Gasteiger partial charge in [-0.05, 0) is 61.7 Å². The van der Waals surface area contributed by atoms with E-state index in [-0.39, 0.29) is 29.8 Å². The predicted molar refractivity (Wildman–Crippen MR) is 135 cm³/mol. The second-order valence-corrected chi connectivity index (χ2v) is 9.06. The van der Waals surface area contributed by atoms with Crippen LogP contribution in [0.4, 0.5) is 10.2 Å². The standard InChI is InChI=1S/C27H25FN6O3/c1-16-5-3-7-24(30-16)31-27(37)22-6-4-12-33(22)25(36)15-34-21-10-8-18(19-9-11-23(28)29-14-19)13-20(21)26(32-34)17(2)35/h3,5,7-11,13-14,22H,4,6,12,15H2,1-2H3,(H,30,31,37). The molecule has 0 spiro atoms. The van der Waals surface area contributed by atoms with Crippen LogP contribution in [0.25, 0.3) is 22.0 Å². The lowest BCUT2D eigenvalue weighted by Gasteiger charge is -2.24. The van der Waals surface area contributed by atoms with E-state index < -0.39 is 12.0 Å². The van der Waals surface area contributed by atoms with Crippen molar-refractivity contribution in [3.8, 4) is 11.1 Å². The number of fused-ring (bicyclic) bond motifs is 1. The summed E-state index contributed by atoms with van der Waals surface area (Å²) in [5.41, 5.74) is 3.07. The van der Waals surface area contributed by atoms with Gasteiger partial charge in [0.15, 0.2) is 5.78 Å². The minimum atomic E-state index is -0.610. The van der Waals surface area contributed by atoms with Crippen LogP contribution < -0.4 is 5.32 Å². The average Bonchev–Trinajstić information content (AvgIpc) is 3.50. The van der Waals surface area contributed by atoms with Gasteiger partial charge >= 0.3 is 0 Å². The molecule has 0 aliphatic carbocycles. The molecule has 2 amide bonds. The number of halogens is 1. The van der Waals surface area contributed by atoms with Gasteiger partial charge in [0.25, 0.3) is 0 Å². The van der Waals surface area contributed by atoms with Crippen molar-refractivity contribution in [2.45, 2.75) is 39.3 Å². The molecule has 4 heterocycles. The zero-order valence-electron chi connectivity index (χ0n) is 20.4. The fourth-order valence-corrected chi connectivity index (χ4v) is 4.66. The molecular weight excluding hydrogens is 475 g/mol. The summed E-state index contributed by atoms with van der Waals surface area (Å²) in [7, 11) is 0. The number of aryl methyl sites for hydroxylation is 1. The molecule has 1 aliphatic heterocycles. The Hall–Kier alpha value is -4.47. The maximum atomic E-state index is 13.3. The lowest BCUT2D eigenvalue weighted by atomic mass is 10.0. The van der Waals surface area contributed by atoms with Crippen LogP contribution in [0.2, 0.25) is 0 Å². The van der Waals surface area contributed by atoms with Crippen LogP contribution in [0, 0.1) is 12.9 Å². The first-order chi connectivity index (χ1) is 17.8. The van der Waals surface area contributed by atoms with E-state index >= 15 is 0 Å². The minimum Gasteiger partial charge on any atom is -0.329 e. The lowest BCUT2D eigenvalue weighted by Crippen LogP contribution is -2.44. The molecule has 4 aromatic rings. The molecule has 5 rings (SSSR count). The minimum absolute atomic E-state index is 0.117. The number of nitrogens with one attached hydrogen (secondary N) is 1. The largest absolute Gasteiger partial charge is 0.329 e. The molecule has 1 N–H and O–H groups in total. The number of ketones is 1. The highest BCUT2D eigenvalue weighted by Crippen LogP contribution is 2.27. The number of likely N-dealkylation sites (tertiary alicyclic amines) is 1. The molecule has 1 aromatic carbocycles. The highest BCUT2D eigenvalue weighted by atomic mass is 19.1. The molecule has 3 aromatic heterocycles. The Bertz CT molecular complexity index is 1510. The molecule has 1 atom stereocenters. The van der Waals surface area contributed by atoms with Crippen LogP contribution in [-0.2, 0) is 16.1 Å². The number of hydrogen-bond donors (Lipinski definition) is 1. The molecule has 0 radical (unpaired) electrons. The fourth-order valence-electron chi connectivity index (χ4n) is 4.66. The Balaban J connectivity index is 1.39. The van der Waals surface area contributed by atoms with E-state index in [0.717, 1.165) is 11.3 Å². The molecule has 1 aliphatic rings. The van der Waals surface area contributed by atoms with Gasteiger partial charge in [-0.25, -0.2) is 9.97 Å². The van der Waals surface area contributed by atoms with E-state index in [1.54, 1.807) is 29.2 Å². The molecule has 10 heteroatoms. The number of rotatable bonds is 6. The molecule has 1 unspecified atom stereocenters. The van der Waals surface area contributed by atoms with Crippen molar-refractivity contribution in [3.63, 3.8) is 0 Å². The summed E-state index contributed by atoms with van der Waals surface area (Å²) in [6.07, 6.45) is 2.68. The number of pyridine rings is 2. The van der Waals surface area contributed by atoms with Gasteiger partial charge in [-0.2, -0.15) is 9.49 Å². The Morgan fingerprint density at radius 3 is 2.65 bits per heavy atom. The third kappa shape index (κ3) is 4.95. The zero-order chi connectivity index (χ0) is 26.1. The van der Waals surface area contributed by atoms with Crippen molar-refractivity contribution in [2.24, 2.45) is 0 Å². The van der Waals surface area contributed by atoms with E-state index in [1.807, 2.05) is 25.1 Å². The molecule has 0 saturated carbocycles. The van der Waals surface area contributed by atoms with Crippen LogP contribution in [-0.4, -0.2) is 54.8 Å². The quantitative estimate of drug-likeness (QED) is 0.319. The fraction of sp³-hybridized carbons (Fsp3) is 0.259. The molecule has 37 heavy (non-hydrogen) atoms. The van der Waals surface area contributed by atoms with E-state index in [4.69, 9.17) is 0 Å². The van der Waals surface area contributed by atoms with E-state index in [0.29, 0.717) is 41.7 Å². The smallest absolute Gasteiger partial charge is 0.248 e. The number of aromatic nitrogens is 4. The lowest BCUT2D eigenvalue weighted by molar-refractivity contribution is -0.137. The number of amides is 2. The Morgan fingerprint density at radius 2 is 1.92 bits per heavy atom. The van der Waals surface area contributed by atoms with E-state index in [1.165, 1.54) is 23.9 Å². The van der Waals surface area contributed by atoms with Crippen LogP contribution in [0.15, 0.2) is 54.7 Å². The topological polar surface area (TPSA) is 110 Å². The molecule has 1 saturated heterocycles. The average molecular weight is 501 g/mol. The maximum Gasteiger partial charge on any atom is 0.248 e. The SMILES string of the molecule is CC(=O)c1nn(CC(=O)N2CCCC2C(=O)Nc2cccc(C)n2)c2ccc(-c3ccc(F)nc3)cc12. The van der Waals surface area contributed by atoms with Crippen LogP contribution >= 0.6 is 0 Å². The maximum absolute atomic E-state index is 13.3. The van der Waals surface area contributed by atoms with Gasteiger partial charge in [0.2, 0.25) is 17.8 Å². The molecule has 188 valence electrons. The van der Waals surface area contributed by atoms with Gasteiger partial charge in [0.1, 0.15) is 24.1 Å². The number of Topliss-reactive ketones (excluding diaryl/α,β-unsaturated/α-hetero) is 1. The second kappa shape index (κ2) is 9.88. The van der Waals surface area contributed by atoms with Gasteiger partial charge in [-0.1, -0.05) is 12.1 Å². The summed E-state index contributed by atoms with van der Waals surface area (Å²) in [6, 6.07) is 13.0. The summed E-state index contributed by atoms with van der Waals surface area (Å²) < 4.78 is 14.7. The third-order valence-corrected chi connectivity index (χ3v) is 6.45. The summed E-state index contributed by atoms with van der Waals surface area (Å²) in [6.45, 7) is 3.59. The number of benzene rings is 1. The number of carbonyl (C=O) groups is 3. The predicted octanol–water partition coefficient (Wildman–Crippen LogP) is 3.77. The third-order valence-electron chi connectivity index (χ3n) is 6.45. The Kier molecular flexibility index (Phi) is 6.47. The molecular formula is C27H25FN6O3. The summed E-state index contributed by atoms with van der Waals surface area (Å²) in [5.74, 6) is -0.919. The Morgan fingerprint density at radius 1 is 1.11 bits per heavy atom. The zero-order valence-corrected chi connectivity index (χ0v) is 20.4. The van der Waals surface area contributed by atoms with Gasteiger partial charge in [0, 0.05) is 36.3 Å². The monoisotopic (exact) mass is 500 g/mol. The summed E-state index contributed by atoms with van der Waals surface area (Å²) in [5, 5.41) is 7.82. The van der Waals surface area contributed by atoms with Crippen molar-refractivity contribution < 1.29 is 18.8 Å². The highest BCUT2D eigenvalue weighted by Gasteiger charge is 2.34. The number of anilines is 1. The molecule has 0 bridgehead atoms. The summed E-state index contributed by atoms with van der Waals surface area (Å²) in [4.78, 5) is 48.2.